The monoisotopic (exact) mass is 516 g/mol. The maximum atomic E-state index is 12.7. The summed E-state index contributed by atoms with van der Waals surface area (Å²) >= 11 is 3.39. The molecule has 5 rings (SSSR count). The maximum Gasteiger partial charge on any atom is 0.314 e. The second-order valence-electron chi connectivity index (χ2n) is 8.48. The Kier molecular flexibility index (Phi) is 5.57. The van der Waals surface area contributed by atoms with Gasteiger partial charge in [0.15, 0.2) is 5.76 Å². The van der Waals surface area contributed by atoms with Crippen molar-refractivity contribution in [1.29, 1.82) is 0 Å². The third-order valence-corrected chi connectivity index (χ3v) is 6.76. The summed E-state index contributed by atoms with van der Waals surface area (Å²) in [6, 6.07) is 22.6. The molecular formula is C27H21BrN2O4. The predicted octanol–water partition coefficient (Wildman–Crippen LogP) is 6.45. The quantitative estimate of drug-likeness (QED) is 0.307. The Morgan fingerprint density at radius 3 is 2.18 bits per heavy atom. The van der Waals surface area contributed by atoms with Crippen molar-refractivity contribution in [3.05, 3.63) is 94.1 Å². The van der Waals surface area contributed by atoms with Crippen LogP contribution in [0.15, 0.2) is 81.8 Å². The molecule has 2 N–H and O–H groups in total. The Morgan fingerprint density at radius 2 is 1.59 bits per heavy atom. The number of nitrogens with one attached hydrogen (secondary N) is 1. The van der Waals surface area contributed by atoms with E-state index in [9.17, 15) is 14.7 Å². The van der Waals surface area contributed by atoms with E-state index in [1.807, 2.05) is 54.6 Å². The number of aliphatic carboxylic acids is 1. The summed E-state index contributed by atoms with van der Waals surface area (Å²) in [5.41, 5.74) is 4.56. The lowest BCUT2D eigenvalue weighted by molar-refractivity contribution is -0.140. The van der Waals surface area contributed by atoms with E-state index < -0.39 is 11.4 Å². The third-order valence-electron chi connectivity index (χ3n) is 6.27. The average Bonchev–Trinajstić information content (AvgIpc) is 3.59. The fraction of sp³-hybridized carbons (Fsp3) is 0.148. The summed E-state index contributed by atoms with van der Waals surface area (Å²) in [6.45, 7) is 1.78. The number of hydrogen-bond acceptors (Lipinski definition) is 4. The molecule has 4 aromatic rings. The highest BCUT2D eigenvalue weighted by molar-refractivity contribution is 9.10. The molecule has 1 aliphatic carbocycles. The van der Waals surface area contributed by atoms with Crippen LogP contribution in [0.25, 0.3) is 22.5 Å². The first-order valence-corrected chi connectivity index (χ1v) is 11.6. The molecule has 1 aromatic heterocycles. The Hall–Kier alpha value is -3.71. The van der Waals surface area contributed by atoms with E-state index in [2.05, 4.69) is 26.4 Å². The molecule has 170 valence electrons. The number of rotatable bonds is 6. The van der Waals surface area contributed by atoms with Crippen LogP contribution in [0, 0.1) is 6.92 Å². The maximum absolute atomic E-state index is 12.7. The molecule has 0 atom stereocenters. The van der Waals surface area contributed by atoms with Gasteiger partial charge in [-0.15, -0.1) is 0 Å². The van der Waals surface area contributed by atoms with Gasteiger partial charge in [0.2, 0.25) is 0 Å². The molecule has 0 unspecified atom stereocenters. The van der Waals surface area contributed by atoms with Crippen LogP contribution in [0.5, 0.6) is 0 Å². The van der Waals surface area contributed by atoms with Crippen molar-refractivity contribution in [2.75, 3.05) is 5.32 Å². The Balaban J connectivity index is 1.37. The number of carboxylic acid groups (broad SMARTS) is 1. The minimum absolute atomic E-state index is 0.250. The molecule has 0 radical (unpaired) electrons. The van der Waals surface area contributed by atoms with Crippen molar-refractivity contribution in [3.8, 4) is 22.5 Å². The number of carbonyl (C=O) groups is 2. The van der Waals surface area contributed by atoms with Gasteiger partial charge in [0, 0.05) is 15.6 Å². The van der Waals surface area contributed by atoms with Crippen LogP contribution in [-0.4, -0.2) is 22.1 Å². The van der Waals surface area contributed by atoms with E-state index in [0.29, 0.717) is 35.5 Å². The molecule has 0 spiro atoms. The first kappa shape index (κ1) is 22.1. The fourth-order valence-corrected chi connectivity index (χ4v) is 4.48. The normalized spacial score (nSPS) is 13.9. The van der Waals surface area contributed by atoms with Gasteiger partial charge in [0.05, 0.1) is 5.41 Å². The standard InChI is InChI=1S/C27H21BrN2O4/c1-16-23(29-25(31)20-3-2-4-22(28)15-20)24(34-30-16)19-7-5-17(6-8-19)18-9-11-21(12-10-18)27(13-14-27)26(32)33/h2-12,15H,13-14H2,1H3,(H,29,31)(H,32,33). The molecule has 0 aliphatic heterocycles. The van der Waals surface area contributed by atoms with E-state index in [1.54, 1.807) is 25.1 Å². The third kappa shape index (κ3) is 4.03. The van der Waals surface area contributed by atoms with Gasteiger partial charge < -0.3 is 14.9 Å². The first-order valence-electron chi connectivity index (χ1n) is 10.9. The first-order chi connectivity index (χ1) is 16.4. The Bertz CT molecular complexity index is 1390. The number of amides is 1. The summed E-state index contributed by atoms with van der Waals surface area (Å²) in [6.07, 6.45) is 1.38. The van der Waals surface area contributed by atoms with Gasteiger partial charge in [-0.2, -0.15) is 0 Å². The number of nitrogens with zero attached hydrogens (tertiary/aromatic N) is 1. The second kappa shape index (κ2) is 8.57. The van der Waals surface area contributed by atoms with Gasteiger partial charge in [-0.25, -0.2) is 0 Å². The van der Waals surface area contributed by atoms with Crippen LogP contribution in [-0.2, 0) is 10.2 Å². The van der Waals surface area contributed by atoms with Crippen LogP contribution in [0.1, 0.15) is 34.5 Å². The minimum Gasteiger partial charge on any atom is -0.481 e. The second-order valence-corrected chi connectivity index (χ2v) is 9.39. The Morgan fingerprint density at radius 1 is 0.971 bits per heavy atom. The number of halogens is 1. The van der Waals surface area contributed by atoms with Crippen LogP contribution in [0.3, 0.4) is 0 Å². The van der Waals surface area contributed by atoms with Crippen LogP contribution in [0.4, 0.5) is 5.69 Å². The zero-order valence-corrected chi connectivity index (χ0v) is 19.9. The Labute approximate surface area is 204 Å². The van der Waals surface area contributed by atoms with E-state index in [-0.39, 0.29) is 5.91 Å². The smallest absolute Gasteiger partial charge is 0.314 e. The summed E-state index contributed by atoms with van der Waals surface area (Å²) < 4.78 is 6.36. The van der Waals surface area contributed by atoms with E-state index >= 15 is 0 Å². The zero-order chi connectivity index (χ0) is 23.9. The summed E-state index contributed by atoms with van der Waals surface area (Å²) in [4.78, 5) is 24.3. The number of aromatic nitrogens is 1. The van der Waals surface area contributed by atoms with Gasteiger partial charge in [0.1, 0.15) is 11.4 Å². The number of carboxylic acids is 1. The van der Waals surface area contributed by atoms with Gasteiger partial charge in [0.25, 0.3) is 5.91 Å². The number of benzene rings is 3. The molecule has 1 fully saturated rings. The van der Waals surface area contributed by atoms with Crippen molar-refractivity contribution in [2.24, 2.45) is 0 Å². The van der Waals surface area contributed by atoms with Crippen molar-refractivity contribution in [3.63, 3.8) is 0 Å². The molecule has 1 aliphatic rings. The highest BCUT2D eigenvalue weighted by Gasteiger charge is 2.51. The molecule has 3 aromatic carbocycles. The largest absolute Gasteiger partial charge is 0.481 e. The highest BCUT2D eigenvalue weighted by atomic mass is 79.9. The number of anilines is 1. The SMILES string of the molecule is Cc1noc(-c2ccc(-c3ccc(C4(C(=O)O)CC4)cc3)cc2)c1NC(=O)c1cccc(Br)c1. The topological polar surface area (TPSA) is 92.4 Å². The van der Waals surface area contributed by atoms with E-state index in [1.165, 1.54) is 0 Å². The molecule has 0 bridgehead atoms. The summed E-state index contributed by atoms with van der Waals surface area (Å²) in [5.74, 6) is -0.519. The van der Waals surface area contributed by atoms with Crippen molar-refractivity contribution < 1.29 is 19.2 Å². The summed E-state index contributed by atoms with van der Waals surface area (Å²) in [7, 11) is 0. The molecule has 1 saturated carbocycles. The lowest BCUT2D eigenvalue weighted by Crippen LogP contribution is -2.19. The predicted molar refractivity (Wildman–Crippen MR) is 133 cm³/mol. The average molecular weight is 517 g/mol. The minimum atomic E-state index is -0.755. The van der Waals surface area contributed by atoms with Crippen LogP contribution in [0.2, 0.25) is 0 Å². The van der Waals surface area contributed by atoms with Gasteiger partial charge in [-0.1, -0.05) is 75.7 Å². The number of carbonyl (C=O) groups excluding carboxylic acids is 1. The van der Waals surface area contributed by atoms with Crippen molar-refractivity contribution in [1.82, 2.24) is 5.16 Å². The zero-order valence-electron chi connectivity index (χ0n) is 18.3. The van der Waals surface area contributed by atoms with Gasteiger partial charge >= 0.3 is 5.97 Å². The van der Waals surface area contributed by atoms with Crippen LogP contribution < -0.4 is 5.32 Å². The van der Waals surface area contributed by atoms with E-state index in [0.717, 1.165) is 26.7 Å². The van der Waals surface area contributed by atoms with E-state index in [4.69, 9.17) is 4.52 Å². The molecule has 0 saturated heterocycles. The number of hydrogen-bond donors (Lipinski definition) is 2. The molecule has 7 heteroatoms. The molecule has 6 nitrogen and oxygen atoms in total. The van der Waals surface area contributed by atoms with Crippen molar-refractivity contribution in [2.45, 2.75) is 25.2 Å². The molecular weight excluding hydrogens is 496 g/mol. The molecule has 1 heterocycles. The molecule has 1 amide bonds. The summed E-state index contributed by atoms with van der Waals surface area (Å²) in [5, 5.41) is 16.5. The molecule has 34 heavy (non-hydrogen) atoms. The highest BCUT2D eigenvalue weighted by Crippen LogP contribution is 2.48. The van der Waals surface area contributed by atoms with Crippen molar-refractivity contribution >= 4 is 33.5 Å². The fourth-order valence-electron chi connectivity index (χ4n) is 4.08. The van der Waals surface area contributed by atoms with Crippen LogP contribution >= 0.6 is 15.9 Å². The van der Waals surface area contributed by atoms with Gasteiger partial charge in [-0.3, -0.25) is 9.59 Å². The number of aryl methyl sites for hydroxylation is 1. The lowest BCUT2D eigenvalue weighted by atomic mass is 9.93. The van der Waals surface area contributed by atoms with Gasteiger partial charge in [-0.05, 0) is 54.7 Å². The lowest BCUT2D eigenvalue weighted by Gasteiger charge is -2.11.